The molecule has 2 atom stereocenters. The predicted octanol–water partition coefficient (Wildman–Crippen LogP) is 3.51. The number of nitrogens with one attached hydrogen (secondary N) is 1. The molecule has 2 heteroatoms. The molecular formula is C17H25NO. The number of hydrogen-bond acceptors (Lipinski definition) is 2. The summed E-state index contributed by atoms with van der Waals surface area (Å²) in [6.45, 7) is 6.53. The van der Waals surface area contributed by atoms with E-state index in [0.29, 0.717) is 5.41 Å². The molecule has 0 bridgehead atoms. The fourth-order valence-corrected chi connectivity index (χ4v) is 2.85. The fourth-order valence-electron chi connectivity index (χ4n) is 2.85. The van der Waals surface area contributed by atoms with Gasteiger partial charge >= 0.3 is 0 Å². The molecule has 2 nitrogen and oxygen atoms in total. The molecule has 1 N–H and O–H groups in total. The Morgan fingerprint density at radius 2 is 2.00 bits per heavy atom. The molecule has 19 heavy (non-hydrogen) atoms. The molecule has 0 saturated heterocycles. The van der Waals surface area contributed by atoms with Crippen LogP contribution in [0, 0.1) is 5.92 Å². The third-order valence-electron chi connectivity index (χ3n) is 4.63. The van der Waals surface area contributed by atoms with Crippen LogP contribution in [-0.2, 0) is 5.41 Å². The highest BCUT2D eigenvalue weighted by Crippen LogP contribution is 2.53. The summed E-state index contributed by atoms with van der Waals surface area (Å²) < 4.78 is 5.64. The summed E-state index contributed by atoms with van der Waals surface area (Å²) >= 11 is 0. The molecule has 2 fully saturated rings. The third kappa shape index (κ3) is 2.94. The zero-order valence-electron chi connectivity index (χ0n) is 12.1. The monoisotopic (exact) mass is 259 g/mol. The van der Waals surface area contributed by atoms with Crippen LogP contribution < -0.4 is 10.1 Å². The van der Waals surface area contributed by atoms with Gasteiger partial charge in [0.25, 0.3) is 0 Å². The first-order valence-electron chi connectivity index (χ1n) is 7.69. The Balaban J connectivity index is 1.56. The predicted molar refractivity (Wildman–Crippen MR) is 78.7 cm³/mol. The van der Waals surface area contributed by atoms with E-state index in [9.17, 15) is 0 Å². The van der Waals surface area contributed by atoms with Gasteiger partial charge in [-0.3, -0.25) is 0 Å². The first kappa shape index (κ1) is 13.0. The van der Waals surface area contributed by atoms with Crippen LogP contribution in [0.3, 0.4) is 0 Å². The van der Waals surface area contributed by atoms with E-state index in [-0.39, 0.29) is 0 Å². The molecule has 3 rings (SSSR count). The number of ether oxygens (including phenoxy) is 1. The Bertz CT molecular complexity index is 423. The standard InChI is InChI=1S/C17H25NO/c1-3-10-19-16-8-4-13(5-9-16)17(2)11-14(17)12-18-15-6-7-15/h4-5,8-9,14-15,18H,3,6-7,10-12H2,1-2H3. The molecule has 2 saturated carbocycles. The molecule has 0 amide bonds. The Kier molecular flexibility index (Phi) is 3.53. The van der Waals surface area contributed by atoms with Crippen molar-refractivity contribution in [3.63, 3.8) is 0 Å². The highest BCUT2D eigenvalue weighted by Gasteiger charge is 2.50. The van der Waals surface area contributed by atoms with Crippen molar-refractivity contribution in [3.05, 3.63) is 29.8 Å². The van der Waals surface area contributed by atoms with Crippen LogP contribution in [0.25, 0.3) is 0 Å². The van der Waals surface area contributed by atoms with Crippen LogP contribution in [0.2, 0.25) is 0 Å². The molecule has 0 spiro atoms. The molecule has 2 aliphatic rings. The Morgan fingerprint density at radius 1 is 1.26 bits per heavy atom. The SMILES string of the molecule is CCCOc1ccc(C2(C)CC2CNC2CC2)cc1. The summed E-state index contributed by atoms with van der Waals surface area (Å²) in [5, 5.41) is 3.66. The minimum absolute atomic E-state index is 0.394. The van der Waals surface area contributed by atoms with Gasteiger partial charge in [-0.05, 0) is 61.3 Å². The average Bonchev–Trinajstić information content (AvgIpc) is 3.32. The van der Waals surface area contributed by atoms with Crippen LogP contribution in [0.15, 0.2) is 24.3 Å². The summed E-state index contributed by atoms with van der Waals surface area (Å²) in [5.74, 6) is 1.82. The van der Waals surface area contributed by atoms with Crippen LogP contribution in [0.5, 0.6) is 5.75 Å². The average molecular weight is 259 g/mol. The summed E-state index contributed by atoms with van der Waals surface area (Å²) in [6, 6.07) is 9.58. The molecule has 0 radical (unpaired) electrons. The first-order valence-corrected chi connectivity index (χ1v) is 7.69. The minimum Gasteiger partial charge on any atom is -0.494 e. The summed E-state index contributed by atoms with van der Waals surface area (Å²) in [4.78, 5) is 0. The molecule has 0 heterocycles. The second-order valence-corrected chi connectivity index (χ2v) is 6.37. The van der Waals surface area contributed by atoms with Gasteiger partial charge in [0.05, 0.1) is 6.61 Å². The van der Waals surface area contributed by atoms with Gasteiger partial charge in [0.2, 0.25) is 0 Å². The lowest BCUT2D eigenvalue weighted by Crippen LogP contribution is -2.22. The first-order chi connectivity index (χ1) is 9.22. The van der Waals surface area contributed by atoms with Crippen molar-refractivity contribution in [1.29, 1.82) is 0 Å². The maximum atomic E-state index is 5.64. The number of hydrogen-bond donors (Lipinski definition) is 1. The van der Waals surface area contributed by atoms with Crippen molar-refractivity contribution in [3.8, 4) is 5.75 Å². The topological polar surface area (TPSA) is 21.3 Å². The summed E-state index contributed by atoms with van der Waals surface area (Å²) in [5.41, 5.74) is 1.87. The molecule has 104 valence electrons. The summed E-state index contributed by atoms with van der Waals surface area (Å²) in [6.07, 6.45) is 5.15. The quantitative estimate of drug-likeness (QED) is 0.809. The van der Waals surface area contributed by atoms with Crippen molar-refractivity contribution in [1.82, 2.24) is 5.32 Å². The third-order valence-corrected chi connectivity index (χ3v) is 4.63. The van der Waals surface area contributed by atoms with E-state index in [1.807, 2.05) is 0 Å². The molecule has 1 aromatic carbocycles. The molecule has 0 aliphatic heterocycles. The molecular weight excluding hydrogens is 234 g/mol. The Morgan fingerprint density at radius 3 is 2.63 bits per heavy atom. The van der Waals surface area contributed by atoms with Crippen molar-refractivity contribution < 1.29 is 4.74 Å². The van der Waals surface area contributed by atoms with Crippen molar-refractivity contribution in [2.75, 3.05) is 13.2 Å². The van der Waals surface area contributed by atoms with Crippen LogP contribution in [0.4, 0.5) is 0 Å². The number of benzene rings is 1. The highest BCUT2D eigenvalue weighted by molar-refractivity contribution is 5.37. The summed E-state index contributed by atoms with van der Waals surface area (Å²) in [7, 11) is 0. The van der Waals surface area contributed by atoms with Crippen molar-refractivity contribution in [2.24, 2.45) is 5.92 Å². The molecule has 1 aromatic rings. The number of rotatable bonds is 7. The van der Waals surface area contributed by atoms with Crippen molar-refractivity contribution in [2.45, 2.75) is 51.0 Å². The lowest BCUT2D eigenvalue weighted by Gasteiger charge is -2.13. The van der Waals surface area contributed by atoms with Gasteiger partial charge < -0.3 is 10.1 Å². The van der Waals surface area contributed by atoms with Gasteiger partial charge in [-0.25, -0.2) is 0 Å². The largest absolute Gasteiger partial charge is 0.494 e. The smallest absolute Gasteiger partial charge is 0.119 e. The maximum absolute atomic E-state index is 5.64. The maximum Gasteiger partial charge on any atom is 0.119 e. The Labute approximate surface area is 116 Å². The zero-order chi connectivity index (χ0) is 13.3. The second-order valence-electron chi connectivity index (χ2n) is 6.37. The van der Waals surface area contributed by atoms with E-state index < -0.39 is 0 Å². The van der Waals surface area contributed by atoms with E-state index in [0.717, 1.165) is 30.7 Å². The van der Waals surface area contributed by atoms with Gasteiger partial charge in [-0.1, -0.05) is 26.0 Å². The Hall–Kier alpha value is -1.02. The van der Waals surface area contributed by atoms with Gasteiger partial charge in [0.15, 0.2) is 0 Å². The van der Waals surface area contributed by atoms with E-state index in [4.69, 9.17) is 4.74 Å². The van der Waals surface area contributed by atoms with Gasteiger partial charge in [-0.2, -0.15) is 0 Å². The van der Waals surface area contributed by atoms with E-state index in [1.165, 1.54) is 31.4 Å². The van der Waals surface area contributed by atoms with E-state index in [2.05, 4.69) is 43.4 Å². The molecule has 2 aliphatic carbocycles. The van der Waals surface area contributed by atoms with Crippen LogP contribution >= 0.6 is 0 Å². The van der Waals surface area contributed by atoms with E-state index in [1.54, 1.807) is 0 Å². The minimum atomic E-state index is 0.394. The van der Waals surface area contributed by atoms with Gasteiger partial charge in [0.1, 0.15) is 5.75 Å². The normalized spacial score (nSPS) is 29.3. The second kappa shape index (κ2) is 5.16. The van der Waals surface area contributed by atoms with Gasteiger partial charge in [0, 0.05) is 6.04 Å². The highest BCUT2D eigenvalue weighted by atomic mass is 16.5. The molecule has 2 unspecified atom stereocenters. The van der Waals surface area contributed by atoms with Crippen molar-refractivity contribution >= 4 is 0 Å². The lowest BCUT2D eigenvalue weighted by atomic mass is 9.95. The van der Waals surface area contributed by atoms with Crippen LogP contribution in [-0.4, -0.2) is 19.2 Å². The van der Waals surface area contributed by atoms with E-state index >= 15 is 0 Å². The molecule has 0 aromatic heterocycles. The lowest BCUT2D eigenvalue weighted by molar-refractivity contribution is 0.317. The van der Waals surface area contributed by atoms with Crippen LogP contribution in [0.1, 0.15) is 45.1 Å². The fraction of sp³-hybridized carbons (Fsp3) is 0.647. The van der Waals surface area contributed by atoms with Gasteiger partial charge in [-0.15, -0.1) is 0 Å². The zero-order valence-corrected chi connectivity index (χ0v) is 12.1.